The molecule has 0 bridgehead atoms. The van der Waals surface area contributed by atoms with Crippen molar-refractivity contribution in [3.8, 4) is 0 Å². The van der Waals surface area contributed by atoms with Gasteiger partial charge in [-0.25, -0.2) is 0 Å². The number of amides is 1. The second-order valence-electron chi connectivity index (χ2n) is 5.94. The molecule has 116 valence electrons. The zero-order chi connectivity index (χ0) is 15.4. The van der Waals surface area contributed by atoms with Gasteiger partial charge in [0.1, 0.15) is 0 Å². The van der Waals surface area contributed by atoms with E-state index in [9.17, 15) is 4.79 Å². The van der Waals surface area contributed by atoms with Crippen LogP contribution in [0.15, 0.2) is 41.8 Å². The van der Waals surface area contributed by atoms with Crippen LogP contribution in [-0.4, -0.2) is 29.9 Å². The Morgan fingerprint density at radius 2 is 1.95 bits per heavy atom. The molecule has 1 aromatic heterocycles. The topological polar surface area (TPSA) is 32.3 Å². The Labute approximate surface area is 136 Å². The van der Waals surface area contributed by atoms with E-state index in [4.69, 9.17) is 0 Å². The molecule has 0 unspecified atom stereocenters. The fraction of sp³-hybridized carbons (Fsp3) is 0.389. The first-order valence-corrected chi connectivity index (χ1v) is 8.71. The van der Waals surface area contributed by atoms with Crippen LogP contribution in [0.2, 0.25) is 0 Å². The molecule has 1 fully saturated rings. The molecule has 1 aliphatic heterocycles. The third-order valence-corrected chi connectivity index (χ3v) is 5.26. The SMILES string of the molecule is Cc1ccsc1C(=O)NC1CCN(Cc2ccccc2)CC1. The van der Waals surface area contributed by atoms with Gasteiger partial charge in [-0.1, -0.05) is 30.3 Å². The summed E-state index contributed by atoms with van der Waals surface area (Å²) < 4.78 is 0. The van der Waals surface area contributed by atoms with Crippen LogP contribution in [0.4, 0.5) is 0 Å². The molecule has 1 aromatic carbocycles. The summed E-state index contributed by atoms with van der Waals surface area (Å²) in [6.45, 7) is 5.09. The standard InChI is InChI=1S/C18H22N2OS/c1-14-9-12-22-17(14)18(21)19-16-7-10-20(11-8-16)13-15-5-3-2-4-6-15/h2-6,9,12,16H,7-8,10-11,13H2,1H3,(H,19,21). The van der Waals surface area contributed by atoms with Crippen molar-refractivity contribution in [1.82, 2.24) is 10.2 Å². The number of hydrogen-bond donors (Lipinski definition) is 1. The molecule has 3 nitrogen and oxygen atoms in total. The molecule has 1 N–H and O–H groups in total. The highest BCUT2D eigenvalue weighted by Crippen LogP contribution is 2.18. The molecule has 1 amide bonds. The molecule has 2 aromatic rings. The van der Waals surface area contributed by atoms with Crippen molar-refractivity contribution in [2.45, 2.75) is 32.4 Å². The number of nitrogens with one attached hydrogen (secondary N) is 1. The fourth-order valence-electron chi connectivity index (χ4n) is 2.93. The Morgan fingerprint density at radius 3 is 2.59 bits per heavy atom. The van der Waals surface area contributed by atoms with Gasteiger partial charge in [-0.2, -0.15) is 0 Å². The lowest BCUT2D eigenvalue weighted by Gasteiger charge is -2.32. The van der Waals surface area contributed by atoms with Gasteiger partial charge in [0.2, 0.25) is 0 Å². The lowest BCUT2D eigenvalue weighted by Crippen LogP contribution is -2.44. The predicted octanol–water partition coefficient (Wildman–Crippen LogP) is 3.45. The summed E-state index contributed by atoms with van der Waals surface area (Å²) in [6.07, 6.45) is 2.06. The van der Waals surface area contributed by atoms with Crippen LogP contribution in [0.25, 0.3) is 0 Å². The Kier molecular flexibility index (Phi) is 4.90. The van der Waals surface area contributed by atoms with Gasteiger partial charge in [0, 0.05) is 25.7 Å². The summed E-state index contributed by atoms with van der Waals surface area (Å²) in [7, 11) is 0. The molecule has 1 aliphatic rings. The van der Waals surface area contributed by atoms with E-state index < -0.39 is 0 Å². The van der Waals surface area contributed by atoms with E-state index in [1.54, 1.807) is 0 Å². The molecule has 0 saturated carbocycles. The van der Waals surface area contributed by atoms with E-state index >= 15 is 0 Å². The van der Waals surface area contributed by atoms with E-state index in [-0.39, 0.29) is 5.91 Å². The summed E-state index contributed by atoms with van der Waals surface area (Å²) >= 11 is 1.53. The average molecular weight is 314 g/mol. The highest BCUT2D eigenvalue weighted by atomic mass is 32.1. The van der Waals surface area contributed by atoms with Gasteiger partial charge in [0.05, 0.1) is 4.88 Å². The first kappa shape index (κ1) is 15.3. The number of carbonyl (C=O) groups excluding carboxylic acids is 1. The van der Waals surface area contributed by atoms with Crippen molar-refractivity contribution in [2.24, 2.45) is 0 Å². The Hall–Kier alpha value is -1.65. The van der Waals surface area contributed by atoms with Crippen molar-refractivity contribution in [1.29, 1.82) is 0 Å². The molecule has 0 radical (unpaired) electrons. The average Bonchev–Trinajstić information content (AvgIpc) is 2.96. The predicted molar refractivity (Wildman–Crippen MR) is 91.3 cm³/mol. The lowest BCUT2D eigenvalue weighted by atomic mass is 10.0. The number of aryl methyl sites for hydroxylation is 1. The Morgan fingerprint density at radius 1 is 1.23 bits per heavy atom. The normalized spacial score (nSPS) is 16.6. The monoisotopic (exact) mass is 314 g/mol. The number of hydrogen-bond acceptors (Lipinski definition) is 3. The quantitative estimate of drug-likeness (QED) is 0.937. The van der Waals surface area contributed by atoms with Crippen molar-refractivity contribution in [2.75, 3.05) is 13.1 Å². The number of nitrogens with zero attached hydrogens (tertiary/aromatic N) is 1. The fourth-order valence-corrected chi connectivity index (χ4v) is 3.76. The van der Waals surface area contributed by atoms with E-state index in [1.165, 1.54) is 16.9 Å². The number of benzene rings is 1. The minimum absolute atomic E-state index is 0.0917. The van der Waals surface area contributed by atoms with E-state index in [0.29, 0.717) is 6.04 Å². The summed E-state index contributed by atoms with van der Waals surface area (Å²) in [5, 5.41) is 5.17. The number of piperidine rings is 1. The third-order valence-electron chi connectivity index (χ3n) is 4.24. The Balaban J connectivity index is 1.48. The molecular weight excluding hydrogens is 292 g/mol. The van der Waals surface area contributed by atoms with Gasteiger partial charge in [-0.15, -0.1) is 11.3 Å². The summed E-state index contributed by atoms with van der Waals surface area (Å²) in [5.41, 5.74) is 2.43. The van der Waals surface area contributed by atoms with Crippen LogP contribution >= 0.6 is 11.3 Å². The van der Waals surface area contributed by atoms with Gasteiger partial charge < -0.3 is 5.32 Å². The molecular formula is C18H22N2OS. The molecule has 3 rings (SSSR count). The first-order chi connectivity index (χ1) is 10.7. The number of rotatable bonds is 4. The van der Waals surface area contributed by atoms with Crippen LogP contribution in [-0.2, 0) is 6.54 Å². The van der Waals surface area contributed by atoms with E-state index in [1.807, 2.05) is 18.4 Å². The van der Waals surface area contributed by atoms with Gasteiger partial charge in [0.25, 0.3) is 5.91 Å². The van der Waals surface area contributed by atoms with Crippen LogP contribution in [0.3, 0.4) is 0 Å². The summed E-state index contributed by atoms with van der Waals surface area (Å²) in [5.74, 6) is 0.0917. The van der Waals surface area contributed by atoms with Gasteiger partial charge in [-0.05, 0) is 42.3 Å². The van der Waals surface area contributed by atoms with Crippen LogP contribution in [0, 0.1) is 6.92 Å². The van der Waals surface area contributed by atoms with Crippen LogP contribution in [0.5, 0.6) is 0 Å². The van der Waals surface area contributed by atoms with E-state index in [0.717, 1.165) is 42.9 Å². The van der Waals surface area contributed by atoms with Crippen molar-refractivity contribution in [3.63, 3.8) is 0 Å². The van der Waals surface area contributed by atoms with Crippen LogP contribution < -0.4 is 5.32 Å². The van der Waals surface area contributed by atoms with Crippen LogP contribution in [0.1, 0.15) is 33.6 Å². The summed E-state index contributed by atoms with van der Waals surface area (Å²) in [4.78, 5) is 15.6. The maximum atomic E-state index is 12.3. The maximum Gasteiger partial charge on any atom is 0.261 e. The van der Waals surface area contributed by atoms with Crippen molar-refractivity contribution in [3.05, 3.63) is 57.8 Å². The smallest absolute Gasteiger partial charge is 0.261 e. The molecule has 22 heavy (non-hydrogen) atoms. The highest BCUT2D eigenvalue weighted by molar-refractivity contribution is 7.12. The second-order valence-corrected chi connectivity index (χ2v) is 6.86. The van der Waals surface area contributed by atoms with Gasteiger partial charge >= 0.3 is 0 Å². The van der Waals surface area contributed by atoms with Crippen molar-refractivity contribution < 1.29 is 4.79 Å². The first-order valence-electron chi connectivity index (χ1n) is 7.83. The zero-order valence-electron chi connectivity index (χ0n) is 12.9. The zero-order valence-corrected chi connectivity index (χ0v) is 13.7. The maximum absolute atomic E-state index is 12.3. The molecule has 0 aliphatic carbocycles. The van der Waals surface area contributed by atoms with E-state index in [2.05, 4.69) is 40.5 Å². The molecule has 0 atom stereocenters. The number of likely N-dealkylation sites (tertiary alicyclic amines) is 1. The number of thiophene rings is 1. The number of carbonyl (C=O) groups is 1. The van der Waals surface area contributed by atoms with Gasteiger partial charge in [-0.3, -0.25) is 9.69 Å². The molecule has 0 spiro atoms. The molecule has 4 heteroatoms. The highest BCUT2D eigenvalue weighted by Gasteiger charge is 2.22. The summed E-state index contributed by atoms with van der Waals surface area (Å²) in [6, 6.07) is 12.9. The Bertz CT molecular complexity index is 615. The molecule has 1 saturated heterocycles. The van der Waals surface area contributed by atoms with Crippen molar-refractivity contribution >= 4 is 17.2 Å². The molecule has 2 heterocycles. The second kappa shape index (κ2) is 7.07. The largest absolute Gasteiger partial charge is 0.349 e. The lowest BCUT2D eigenvalue weighted by molar-refractivity contribution is 0.0912. The minimum atomic E-state index is 0.0917. The third kappa shape index (κ3) is 3.76. The minimum Gasteiger partial charge on any atom is -0.349 e. The van der Waals surface area contributed by atoms with Gasteiger partial charge in [0.15, 0.2) is 0 Å².